The first-order chi connectivity index (χ1) is 12.3. The van der Waals surface area contributed by atoms with Crippen LogP contribution in [0.2, 0.25) is 0 Å². The van der Waals surface area contributed by atoms with Crippen molar-refractivity contribution in [1.29, 1.82) is 0 Å². The lowest BCUT2D eigenvalue weighted by Gasteiger charge is -2.19. The van der Waals surface area contributed by atoms with Gasteiger partial charge in [-0.1, -0.05) is 0 Å². The fourth-order valence-corrected chi connectivity index (χ4v) is 1.83. The number of ether oxygens (including phenoxy) is 1. The van der Waals surface area contributed by atoms with Gasteiger partial charge >= 0.3 is 6.09 Å². The molecule has 0 radical (unpaired) electrons. The molecule has 1 rings (SSSR count). The van der Waals surface area contributed by atoms with Gasteiger partial charge in [0.25, 0.3) is 5.91 Å². The van der Waals surface area contributed by atoms with E-state index in [0.29, 0.717) is 38.7 Å². The van der Waals surface area contributed by atoms with Crippen LogP contribution in [0.15, 0.2) is 27.8 Å². The fourth-order valence-electron chi connectivity index (χ4n) is 1.83. The van der Waals surface area contributed by atoms with Crippen molar-refractivity contribution in [2.24, 2.45) is 4.99 Å². The summed E-state index contributed by atoms with van der Waals surface area (Å²) in [5.74, 6) is 0.600. The summed E-state index contributed by atoms with van der Waals surface area (Å²) >= 11 is 0. The number of alkyl carbamates (subject to hydrolysis) is 1. The predicted octanol–water partition coefficient (Wildman–Crippen LogP) is 1.71. The highest BCUT2D eigenvalue weighted by atomic mass is 127. The van der Waals surface area contributed by atoms with Crippen molar-refractivity contribution in [2.45, 2.75) is 33.3 Å². The first-order valence-electron chi connectivity index (χ1n) is 8.62. The van der Waals surface area contributed by atoms with Gasteiger partial charge in [-0.05, 0) is 39.8 Å². The molecule has 1 aromatic heterocycles. The summed E-state index contributed by atoms with van der Waals surface area (Å²) in [6.07, 6.45) is 0.993. The molecule has 0 spiro atoms. The summed E-state index contributed by atoms with van der Waals surface area (Å²) in [6, 6.07) is 3.26. The van der Waals surface area contributed by atoms with Gasteiger partial charge in [0.15, 0.2) is 11.7 Å². The van der Waals surface area contributed by atoms with Crippen LogP contribution >= 0.6 is 24.0 Å². The molecule has 2 amide bonds. The number of hydrogen-bond donors (Lipinski definition) is 4. The van der Waals surface area contributed by atoms with Crippen LogP contribution in [0.1, 0.15) is 38.2 Å². The van der Waals surface area contributed by atoms with Crippen molar-refractivity contribution >= 4 is 41.9 Å². The number of carbonyl (C=O) groups is 2. The lowest BCUT2D eigenvalue weighted by molar-refractivity contribution is 0.0528. The number of carbonyl (C=O) groups excluding carboxylic acids is 2. The van der Waals surface area contributed by atoms with Crippen LogP contribution < -0.4 is 21.3 Å². The number of amides is 2. The van der Waals surface area contributed by atoms with Crippen LogP contribution in [0.25, 0.3) is 0 Å². The molecule has 27 heavy (non-hydrogen) atoms. The Kier molecular flexibility index (Phi) is 12.3. The first kappa shape index (κ1) is 25.0. The van der Waals surface area contributed by atoms with Gasteiger partial charge in [-0.3, -0.25) is 9.79 Å². The van der Waals surface area contributed by atoms with Crippen LogP contribution in [0.5, 0.6) is 0 Å². The van der Waals surface area contributed by atoms with Crippen molar-refractivity contribution in [3.8, 4) is 0 Å². The molecule has 0 aromatic carbocycles. The standard InChI is InChI=1S/C17H29N5O4.HI/c1-5-18-15(21-10-11-22-16(24)26-17(2,3)4)20-9-8-19-14(23)13-7-6-12-25-13;/h6-7,12H,5,8-11H2,1-4H3,(H,19,23)(H,22,24)(H2,18,20,21);1H. The normalized spacial score (nSPS) is 11.2. The number of guanidine groups is 1. The molecule has 0 aliphatic heterocycles. The van der Waals surface area contributed by atoms with Gasteiger partial charge in [0.2, 0.25) is 0 Å². The SMILES string of the molecule is CCNC(=NCCNC(=O)c1ccco1)NCCNC(=O)OC(C)(C)C.I. The second-order valence-electron chi connectivity index (χ2n) is 6.35. The Labute approximate surface area is 177 Å². The zero-order chi connectivity index (χ0) is 19.4. The Bertz CT molecular complexity index is 585. The Morgan fingerprint density at radius 1 is 1.11 bits per heavy atom. The summed E-state index contributed by atoms with van der Waals surface area (Å²) < 4.78 is 10.2. The highest BCUT2D eigenvalue weighted by molar-refractivity contribution is 14.0. The quantitative estimate of drug-likeness (QED) is 0.189. The van der Waals surface area contributed by atoms with E-state index in [1.807, 2.05) is 27.7 Å². The molecule has 0 saturated heterocycles. The number of furan rings is 1. The van der Waals surface area contributed by atoms with Gasteiger partial charge in [-0.25, -0.2) is 4.79 Å². The molecule has 1 heterocycles. The highest BCUT2D eigenvalue weighted by Crippen LogP contribution is 2.05. The molecule has 0 unspecified atom stereocenters. The van der Waals surface area contributed by atoms with Gasteiger partial charge in [-0.15, -0.1) is 24.0 Å². The van der Waals surface area contributed by atoms with E-state index in [-0.39, 0.29) is 35.6 Å². The molecule has 4 N–H and O–H groups in total. The van der Waals surface area contributed by atoms with Crippen LogP contribution in [-0.2, 0) is 4.74 Å². The molecule has 10 heteroatoms. The van der Waals surface area contributed by atoms with Crippen molar-refractivity contribution < 1.29 is 18.7 Å². The molecule has 0 atom stereocenters. The Morgan fingerprint density at radius 2 is 1.81 bits per heavy atom. The number of hydrogen-bond acceptors (Lipinski definition) is 5. The number of aliphatic imine (C=N–C) groups is 1. The highest BCUT2D eigenvalue weighted by Gasteiger charge is 2.15. The smallest absolute Gasteiger partial charge is 0.407 e. The maximum Gasteiger partial charge on any atom is 0.407 e. The molecule has 0 aliphatic carbocycles. The molecule has 0 fully saturated rings. The van der Waals surface area contributed by atoms with Crippen LogP contribution in [0, 0.1) is 0 Å². The number of rotatable bonds is 8. The lowest BCUT2D eigenvalue weighted by Crippen LogP contribution is -2.42. The third-order valence-electron chi connectivity index (χ3n) is 2.84. The molecule has 1 aromatic rings. The monoisotopic (exact) mass is 495 g/mol. The molecule has 0 aliphatic rings. The zero-order valence-corrected chi connectivity index (χ0v) is 18.6. The van der Waals surface area contributed by atoms with E-state index in [1.54, 1.807) is 12.1 Å². The number of nitrogens with zero attached hydrogens (tertiary/aromatic N) is 1. The van der Waals surface area contributed by atoms with Gasteiger partial charge in [-0.2, -0.15) is 0 Å². The molecule has 154 valence electrons. The van der Waals surface area contributed by atoms with E-state index < -0.39 is 11.7 Å². The van der Waals surface area contributed by atoms with Gasteiger partial charge in [0, 0.05) is 26.2 Å². The summed E-state index contributed by atoms with van der Waals surface area (Å²) in [4.78, 5) is 27.6. The Hall–Kier alpha value is -1.98. The Balaban J connectivity index is 0.00000676. The van der Waals surface area contributed by atoms with Crippen molar-refractivity contribution in [1.82, 2.24) is 21.3 Å². The third-order valence-corrected chi connectivity index (χ3v) is 2.84. The van der Waals surface area contributed by atoms with Crippen molar-refractivity contribution in [3.05, 3.63) is 24.2 Å². The van der Waals surface area contributed by atoms with E-state index in [2.05, 4.69) is 26.3 Å². The van der Waals surface area contributed by atoms with Crippen molar-refractivity contribution in [2.75, 3.05) is 32.7 Å². The summed E-state index contributed by atoms with van der Waals surface area (Å²) in [5, 5.41) is 11.6. The summed E-state index contributed by atoms with van der Waals surface area (Å²) in [5.41, 5.74) is -0.520. The maximum atomic E-state index is 11.7. The maximum absolute atomic E-state index is 11.7. The minimum Gasteiger partial charge on any atom is -0.459 e. The van der Waals surface area contributed by atoms with E-state index in [0.717, 1.165) is 0 Å². The summed E-state index contributed by atoms with van der Waals surface area (Å²) in [6.45, 7) is 9.76. The molecular weight excluding hydrogens is 465 g/mol. The number of nitrogens with one attached hydrogen (secondary N) is 4. The number of halogens is 1. The van der Waals surface area contributed by atoms with E-state index in [4.69, 9.17) is 9.15 Å². The van der Waals surface area contributed by atoms with E-state index in [1.165, 1.54) is 6.26 Å². The third kappa shape index (κ3) is 12.1. The van der Waals surface area contributed by atoms with E-state index in [9.17, 15) is 9.59 Å². The second-order valence-corrected chi connectivity index (χ2v) is 6.35. The Morgan fingerprint density at radius 3 is 2.41 bits per heavy atom. The van der Waals surface area contributed by atoms with Crippen molar-refractivity contribution in [3.63, 3.8) is 0 Å². The molecule has 0 bridgehead atoms. The average molecular weight is 495 g/mol. The minimum absolute atomic E-state index is 0. The lowest BCUT2D eigenvalue weighted by atomic mass is 10.2. The zero-order valence-electron chi connectivity index (χ0n) is 16.3. The minimum atomic E-state index is -0.520. The largest absolute Gasteiger partial charge is 0.459 e. The van der Waals surface area contributed by atoms with Crippen LogP contribution in [0.3, 0.4) is 0 Å². The van der Waals surface area contributed by atoms with Crippen LogP contribution in [0.4, 0.5) is 4.79 Å². The topological polar surface area (TPSA) is 117 Å². The second kappa shape index (κ2) is 13.2. The van der Waals surface area contributed by atoms with Gasteiger partial charge < -0.3 is 30.4 Å². The van der Waals surface area contributed by atoms with Crippen LogP contribution in [-0.4, -0.2) is 56.3 Å². The van der Waals surface area contributed by atoms with E-state index >= 15 is 0 Å². The average Bonchev–Trinajstić information content (AvgIpc) is 3.08. The molecular formula is C17H30IN5O4. The first-order valence-corrected chi connectivity index (χ1v) is 8.62. The van der Waals surface area contributed by atoms with Gasteiger partial charge in [0.05, 0.1) is 12.8 Å². The fraction of sp³-hybridized carbons (Fsp3) is 0.588. The molecule has 9 nitrogen and oxygen atoms in total. The molecule has 0 saturated carbocycles. The van der Waals surface area contributed by atoms with Gasteiger partial charge in [0.1, 0.15) is 5.60 Å². The summed E-state index contributed by atoms with van der Waals surface area (Å²) in [7, 11) is 0. The predicted molar refractivity (Wildman–Crippen MR) is 115 cm³/mol.